The molecule has 8 nitrogen and oxygen atoms in total. The second-order valence-corrected chi connectivity index (χ2v) is 12.6. The van der Waals surface area contributed by atoms with Gasteiger partial charge in [0, 0.05) is 54.9 Å². The van der Waals surface area contributed by atoms with E-state index in [0.29, 0.717) is 22.3 Å². The van der Waals surface area contributed by atoms with E-state index in [1.165, 1.54) is 17.0 Å². The van der Waals surface area contributed by atoms with Crippen LogP contribution in [0.15, 0.2) is 53.3 Å². The molecule has 0 amide bonds. The highest BCUT2D eigenvalue weighted by molar-refractivity contribution is 7.21. The molecule has 3 fully saturated rings. The fraction of sp³-hybridized carbons (Fsp3) is 0.414. The maximum atomic E-state index is 13.7. The molecule has 3 aliphatic heterocycles. The van der Waals surface area contributed by atoms with E-state index in [9.17, 15) is 4.79 Å². The first-order valence-electron chi connectivity index (χ1n) is 13.8. The van der Waals surface area contributed by atoms with Gasteiger partial charge in [-0.2, -0.15) is 4.98 Å². The first kappa shape index (κ1) is 24.9. The molecule has 5 heterocycles. The number of aromatic amines is 1. The number of fused-ring (bicyclic) bond motifs is 1. The van der Waals surface area contributed by atoms with E-state index >= 15 is 0 Å². The molecule has 202 valence electrons. The molecule has 3 aliphatic rings. The van der Waals surface area contributed by atoms with Crippen LogP contribution < -0.4 is 26.0 Å². The molecular weight excluding hydrogens is 530 g/mol. The van der Waals surface area contributed by atoms with Crippen LogP contribution in [-0.4, -0.2) is 60.3 Å². The summed E-state index contributed by atoms with van der Waals surface area (Å²) in [6.07, 6.45) is 4.35. The van der Waals surface area contributed by atoms with Crippen molar-refractivity contribution in [1.29, 1.82) is 0 Å². The zero-order valence-corrected chi connectivity index (χ0v) is 23.3. The maximum Gasteiger partial charge on any atom is 0.264 e. The minimum Gasteiger partial charge on any atom is -0.371 e. The highest BCUT2D eigenvalue weighted by atomic mass is 35.5. The van der Waals surface area contributed by atoms with Crippen LogP contribution >= 0.6 is 22.9 Å². The van der Waals surface area contributed by atoms with E-state index in [-0.39, 0.29) is 17.0 Å². The fourth-order valence-corrected chi connectivity index (χ4v) is 7.45. The first-order valence-corrected chi connectivity index (χ1v) is 15.0. The molecule has 0 aliphatic carbocycles. The van der Waals surface area contributed by atoms with E-state index in [4.69, 9.17) is 21.6 Å². The third kappa shape index (κ3) is 4.88. The predicted molar refractivity (Wildman–Crippen MR) is 161 cm³/mol. The average molecular weight is 562 g/mol. The van der Waals surface area contributed by atoms with E-state index < -0.39 is 0 Å². The molecule has 3 N–H and O–H groups in total. The van der Waals surface area contributed by atoms with Crippen molar-refractivity contribution in [3.63, 3.8) is 0 Å². The number of nitrogens with zero attached hydrogens (tertiary/aromatic N) is 4. The lowest BCUT2D eigenvalue weighted by Crippen LogP contribution is -2.39. The molecule has 2 unspecified atom stereocenters. The van der Waals surface area contributed by atoms with Crippen molar-refractivity contribution in [3.05, 3.63) is 63.9 Å². The van der Waals surface area contributed by atoms with E-state index in [1.54, 1.807) is 0 Å². The van der Waals surface area contributed by atoms with Gasteiger partial charge in [0.05, 0.1) is 10.2 Å². The van der Waals surface area contributed by atoms with Gasteiger partial charge in [0.15, 0.2) is 0 Å². The lowest BCUT2D eigenvalue weighted by molar-refractivity contribution is 0.373. The van der Waals surface area contributed by atoms with Crippen LogP contribution in [0.1, 0.15) is 25.7 Å². The Morgan fingerprint density at radius 3 is 2.62 bits per heavy atom. The number of thiazole rings is 1. The first-order chi connectivity index (χ1) is 19.1. The summed E-state index contributed by atoms with van der Waals surface area (Å²) in [4.78, 5) is 31.4. The van der Waals surface area contributed by atoms with Crippen LogP contribution in [0, 0.1) is 5.41 Å². The quantitative estimate of drug-likeness (QED) is 0.317. The van der Waals surface area contributed by atoms with Crippen LogP contribution in [0.4, 0.5) is 17.5 Å². The van der Waals surface area contributed by atoms with Gasteiger partial charge in [0.1, 0.15) is 16.4 Å². The zero-order valence-electron chi connectivity index (χ0n) is 21.8. The standard InChI is InChI=1S/C29H32ClN7OS/c30-19-7-9-21(10-8-19)36-14-11-29(17-36)12-15-37(18-29)28-34-25(32-20-4-3-13-31-16-20)24(26(38)35-28)27-33-22-5-1-2-6-23(22)39-27/h1-2,5-10,20,31H,3-4,11-18H2,(H2,32,34,35,38). The van der Waals surface area contributed by atoms with Crippen molar-refractivity contribution in [1.82, 2.24) is 20.3 Å². The van der Waals surface area contributed by atoms with Crippen LogP contribution in [0.25, 0.3) is 20.8 Å². The van der Waals surface area contributed by atoms with Crippen molar-refractivity contribution in [2.24, 2.45) is 5.41 Å². The Hall–Kier alpha value is -3.14. The Balaban J connectivity index is 1.18. The summed E-state index contributed by atoms with van der Waals surface area (Å²) in [6, 6.07) is 16.4. The van der Waals surface area contributed by atoms with Gasteiger partial charge in [-0.25, -0.2) is 4.98 Å². The van der Waals surface area contributed by atoms with E-state index in [1.807, 2.05) is 36.4 Å². The molecule has 1 spiro atoms. The molecule has 0 bridgehead atoms. The normalized spacial score (nSPS) is 23.3. The Morgan fingerprint density at radius 1 is 1.03 bits per heavy atom. The number of H-pyrrole nitrogens is 1. The molecule has 2 aromatic heterocycles. The highest BCUT2D eigenvalue weighted by Gasteiger charge is 2.44. The lowest BCUT2D eigenvalue weighted by Gasteiger charge is -2.27. The van der Waals surface area contributed by atoms with Gasteiger partial charge in [0.2, 0.25) is 5.95 Å². The number of anilines is 3. The number of piperidine rings is 1. The summed E-state index contributed by atoms with van der Waals surface area (Å²) in [5, 5.41) is 8.55. The minimum absolute atomic E-state index is 0.138. The van der Waals surface area contributed by atoms with Crippen LogP contribution in [0.3, 0.4) is 0 Å². The largest absolute Gasteiger partial charge is 0.371 e. The smallest absolute Gasteiger partial charge is 0.264 e. The number of rotatable bonds is 5. The van der Waals surface area contributed by atoms with Gasteiger partial charge < -0.3 is 20.4 Å². The monoisotopic (exact) mass is 561 g/mol. The molecule has 7 rings (SSSR count). The molecule has 2 aromatic carbocycles. The Kier molecular flexibility index (Phi) is 6.45. The number of halogens is 1. The van der Waals surface area contributed by atoms with Gasteiger partial charge in [-0.3, -0.25) is 9.78 Å². The minimum atomic E-state index is -0.138. The number of hydrogen-bond acceptors (Lipinski definition) is 8. The van der Waals surface area contributed by atoms with Crippen molar-refractivity contribution in [2.45, 2.75) is 31.7 Å². The van der Waals surface area contributed by atoms with Crippen molar-refractivity contribution in [2.75, 3.05) is 54.4 Å². The molecular formula is C29H32ClN7OS. The van der Waals surface area contributed by atoms with Gasteiger partial charge in [-0.1, -0.05) is 23.7 Å². The van der Waals surface area contributed by atoms with Crippen LogP contribution in [0.2, 0.25) is 5.02 Å². The van der Waals surface area contributed by atoms with Gasteiger partial charge in [-0.15, -0.1) is 11.3 Å². The van der Waals surface area contributed by atoms with Gasteiger partial charge in [-0.05, 0) is 68.6 Å². The Bertz CT molecular complexity index is 1510. The third-order valence-electron chi connectivity index (χ3n) is 8.42. The molecule has 0 saturated carbocycles. The number of nitrogens with one attached hydrogen (secondary N) is 3. The topological polar surface area (TPSA) is 89.2 Å². The lowest BCUT2D eigenvalue weighted by atomic mass is 9.86. The molecule has 39 heavy (non-hydrogen) atoms. The maximum absolute atomic E-state index is 13.7. The highest BCUT2D eigenvalue weighted by Crippen LogP contribution is 2.42. The number of para-hydroxylation sites is 1. The summed E-state index contributed by atoms with van der Waals surface area (Å²) < 4.78 is 1.06. The molecule has 3 saturated heterocycles. The number of benzene rings is 2. The van der Waals surface area contributed by atoms with E-state index in [0.717, 1.165) is 80.2 Å². The third-order valence-corrected chi connectivity index (χ3v) is 9.73. The van der Waals surface area contributed by atoms with Crippen molar-refractivity contribution >= 4 is 50.6 Å². The summed E-state index contributed by atoms with van der Waals surface area (Å²) in [7, 11) is 0. The summed E-state index contributed by atoms with van der Waals surface area (Å²) in [5.74, 6) is 1.29. The Morgan fingerprint density at radius 2 is 1.82 bits per heavy atom. The number of aromatic nitrogens is 3. The van der Waals surface area contributed by atoms with E-state index in [2.05, 4.69) is 37.6 Å². The van der Waals surface area contributed by atoms with Gasteiger partial charge in [0.25, 0.3) is 5.56 Å². The Labute approximate surface area is 236 Å². The fourth-order valence-electron chi connectivity index (χ4n) is 6.32. The van der Waals surface area contributed by atoms with Crippen molar-refractivity contribution in [3.8, 4) is 10.6 Å². The second kappa shape index (κ2) is 10.1. The predicted octanol–water partition coefficient (Wildman–Crippen LogP) is 4.97. The van der Waals surface area contributed by atoms with Crippen LogP contribution in [-0.2, 0) is 0 Å². The SMILES string of the molecule is O=c1[nH]c(N2CCC3(CCN(c4ccc(Cl)cc4)C3)C2)nc(NC2CCCNC2)c1-c1nc2ccccc2s1. The summed E-state index contributed by atoms with van der Waals surface area (Å²) in [5.41, 5.74) is 2.70. The summed E-state index contributed by atoms with van der Waals surface area (Å²) in [6.45, 7) is 5.67. The molecule has 2 atom stereocenters. The second-order valence-electron chi connectivity index (χ2n) is 11.1. The molecule has 0 radical (unpaired) electrons. The summed E-state index contributed by atoms with van der Waals surface area (Å²) >= 11 is 7.65. The average Bonchev–Trinajstić information content (AvgIpc) is 3.68. The number of hydrogen-bond donors (Lipinski definition) is 3. The van der Waals surface area contributed by atoms with Crippen molar-refractivity contribution < 1.29 is 0 Å². The zero-order chi connectivity index (χ0) is 26.4. The molecule has 10 heteroatoms. The van der Waals surface area contributed by atoms with Gasteiger partial charge >= 0.3 is 0 Å². The van der Waals surface area contributed by atoms with Crippen LogP contribution in [0.5, 0.6) is 0 Å². The molecule has 4 aromatic rings.